The molecule has 1 amide bonds. The molecular weight excluding hydrogens is 442 g/mol. The second kappa shape index (κ2) is 10.1. The largest absolute Gasteiger partial charge is 0.493 e. The lowest BCUT2D eigenvalue weighted by atomic mass is 10.1. The van der Waals surface area contributed by atoms with Gasteiger partial charge in [-0.3, -0.25) is 14.9 Å². The minimum absolute atomic E-state index is 0.172. The molecule has 0 fully saturated rings. The van der Waals surface area contributed by atoms with Crippen molar-refractivity contribution in [2.24, 2.45) is 0 Å². The molecule has 0 spiro atoms. The van der Waals surface area contributed by atoms with E-state index in [1.807, 2.05) is 6.07 Å². The number of hydrogen-bond acceptors (Lipinski definition) is 6. The van der Waals surface area contributed by atoms with Gasteiger partial charge < -0.3 is 14.8 Å². The van der Waals surface area contributed by atoms with Gasteiger partial charge in [-0.1, -0.05) is 18.7 Å². The van der Waals surface area contributed by atoms with Crippen molar-refractivity contribution >= 4 is 39.3 Å². The van der Waals surface area contributed by atoms with Gasteiger partial charge in [0.15, 0.2) is 11.5 Å². The van der Waals surface area contributed by atoms with Crippen molar-refractivity contribution in [3.8, 4) is 17.6 Å². The van der Waals surface area contributed by atoms with Gasteiger partial charge in [0.05, 0.1) is 16.5 Å². The molecular formula is C20H16BrN3O5. The Hall–Kier alpha value is -3.64. The molecule has 2 aromatic carbocycles. The van der Waals surface area contributed by atoms with E-state index in [1.54, 1.807) is 18.2 Å². The predicted molar refractivity (Wildman–Crippen MR) is 112 cm³/mol. The van der Waals surface area contributed by atoms with Crippen LogP contribution < -0.4 is 14.8 Å². The van der Waals surface area contributed by atoms with Crippen molar-refractivity contribution in [3.05, 3.63) is 74.8 Å². The second-order valence-corrected chi connectivity index (χ2v) is 6.42. The average Bonchev–Trinajstić information content (AvgIpc) is 2.70. The van der Waals surface area contributed by atoms with E-state index in [-0.39, 0.29) is 23.6 Å². The monoisotopic (exact) mass is 457 g/mol. The molecule has 0 saturated carbocycles. The molecule has 0 aliphatic carbocycles. The van der Waals surface area contributed by atoms with E-state index >= 15 is 0 Å². The number of methoxy groups -OCH3 is 1. The lowest BCUT2D eigenvalue weighted by Crippen LogP contribution is -2.13. The number of amides is 1. The number of halogens is 1. The molecule has 0 atom stereocenters. The Balaban J connectivity index is 2.31. The number of ether oxygens (including phenoxy) is 2. The Morgan fingerprint density at radius 1 is 1.41 bits per heavy atom. The number of benzene rings is 2. The van der Waals surface area contributed by atoms with Crippen LogP contribution in [0.4, 0.5) is 11.4 Å². The quantitative estimate of drug-likeness (QED) is 0.205. The zero-order chi connectivity index (χ0) is 21.4. The fraction of sp³-hybridized carbons (Fsp3) is 0.100. The van der Waals surface area contributed by atoms with Gasteiger partial charge in [-0.15, -0.1) is 0 Å². The van der Waals surface area contributed by atoms with Crippen LogP contribution >= 0.6 is 15.9 Å². The summed E-state index contributed by atoms with van der Waals surface area (Å²) in [6, 6.07) is 10.5. The lowest BCUT2D eigenvalue weighted by Gasteiger charge is -2.12. The SMILES string of the molecule is C=CCOc1c(Br)cc(/C=C(/C#N)C(=O)Nc2cccc([N+](=O)[O-])c2)cc1OC. The van der Waals surface area contributed by atoms with Gasteiger partial charge in [0.25, 0.3) is 11.6 Å². The topological polar surface area (TPSA) is 114 Å². The molecule has 0 unspecified atom stereocenters. The van der Waals surface area contributed by atoms with E-state index in [9.17, 15) is 20.2 Å². The molecule has 29 heavy (non-hydrogen) atoms. The first kappa shape index (κ1) is 21.7. The van der Waals surface area contributed by atoms with E-state index in [0.29, 0.717) is 21.5 Å². The summed E-state index contributed by atoms with van der Waals surface area (Å²) in [5.74, 6) is 0.169. The van der Waals surface area contributed by atoms with Gasteiger partial charge in [0, 0.05) is 17.8 Å². The van der Waals surface area contributed by atoms with Crippen LogP contribution in [0.1, 0.15) is 5.56 Å². The van der Waals surface area contributed by atoms with Crippen molar-refractivity contribution < 1.29 is 19.2 Å². The smallest absolute Gasteiger partial charge is 0.271 e. The first-order valence-corrected chi connectivity index (χ1v) is 8.97. The van der Waals surface area contributed by atoms with Crippen molar-refractivity contribution in [1.82, 2.24) is 0 Å². The third-order valence-corrected chi connectivity index (χ3v) is 4.18. The third kappa shape index (κ3) is 5.67. The van der Waals surface area contributed by atoms with Crippen LogP contribution in [0.2, 0.25) is 0 Å². The van der Waals surface area contributed by atoms with Crippen LogP contribution in [0.25, 0.3) is 6.08 Å². The summed E-state index contributed by atoms with van der Waals surface area (Å²) >= 11 is 3.38. The van der Waals surface area contributed by atoms with Crippen molar-refractivity contribution in [1.29, 1.82) is 5.26 Å². The van der Waals surface area contributed by atoms with E-state index in [0.717, 1.165) is 0 Å². The fourth-order valence-corrected chi connectivity index (χ4v) is 2.89. The molecule has 0 heterocycles. The number of nitriles is 1. The molecule has 0 radical (unpaired) electrons. The molecule has 0 aliphatic heterocycles. The molecule has 0 aliphatic rings. The third-order valence-electron chi connectivity index (χ3n) is 3.59. The Morgan fingerprint density at radius 3 is 2.79 bits per heavy atom. The van der Waals surface area contributed by atoms with E-state index in [4.69, 9.17) is 9.47 Å². The fourth-order valence-electron chi connectivity index (χ4n) is 2.32. The van der Waals surface area contributed by atoms with Crippen LogP contribution in [0, 0.1) is 21.4 Å². The zero-order valence-electron chi connectivity index (χ0n) is 15.3. The highest BCUT2D eigenvalue weighted by Gasteiger charge is 2.15. The van der Waals surface area contributed by atoms with Gasteiger partial charge in [0.1, 0.15) is 18.2 Å². The summed E-state index contributed by atoms with van der Waals surface area (Å²) in [7, 11) is 1.47. The van der Waals surface area contributed by atoms with Crippen molar-refractivity contribution in [2.75, 3.05) is 19.0 Å². The average molecular weight is 458 g/mol. The lowest BCUT2D eigenvalue weighted by molar-refractivity contribution is -0.384. The maximum atomic E-state index is 12.4. The standard InChI is InChI=1S/C20H16BrN3O5/c1-3-7-29-19-17(21)9-13(10-18(19)28-2)8-14(12-22)20(25)23-15-5-4-6-16(11-15)24(26)27/h3-6,8-11H,1,7H2,2H3,(H,23,25)/b14-8-. The normalized spacial score (nSPS) is 10.6. The number of non-ortho nitro benzene ring substituents is 1. The molecule has 8 nitrogen and oxygen atoms in total. The number of carbonyl (C=O) groups excluding carboxylic acids is 1. The highest BCUT2D eigenvalue weighted by Crippen LogP contribution is 2.37. The van der Waals surface area contributed by atoms with Gasteiger partial charge in [0.2, 0.25) is 0 Å². The van der Waals surface area contributed by atoms with Crippen LogP contribution in [0.15, 0.2) is 59.1 Å². The van der Waals surface area contributed by atoms with Gasteiger partial charge in [-0.2, -0.15) is 5.26 Å². The van der Waals surface area contributed by atoms with Crippen LogP contribution in [-0.4, -0.2) is 24.5 Å². The number of nitrogens with one attached hydrogen (secondary N) is 1. The minimum atomic E-state index is -0.699. The van der Waals surface area contributed by atoms with Crippen LogP contribution in [0.5, 0.6) is 11.5 Å². The molecule has 9 heteroatoms. The van der Waals surface area contributed by atoms with Gasteiger partial charge in [-0.05, 0) is 45.8 Å². The van der Waals surface area contributed by atoms with Crippen LogP contribution in [-0.2, 0) is 4.79 Å². The number of nitro benzene ring substituents is 1. The minimum Gasteiger partial charge on any atom is -0.493 e. The highest BCUT2D eigenvalue weighted by atomic mass is 79.9. The maximum absolute atomic E-state index is 12.4. The summed E-state index contributed by atoms with van der Waals surface area (Å²) in [6.45, 7) is 3.87. The van der Waals surface area contributed by atoms with Gasteiger partial charge in [-0.25, -0.2) is 0 Å². The first-order valence-electron chi connectivity index (χ1n) is 8.18. The number of carbonyl (C=O) groups is 1. The second-order valence-electron chi connectivity index (χ2n) is 5.57. The molecule has 0 bridgehead atoms. The molecule has 0 aromatic heterocycles. The van der Waals surface area contributed by atoms with Crippen molar-refractivity contribution in [3.63, 3.8) is 0 Å². The summed E-state index contributed by atoms with van der Waals surface area (Å²) in [4.78, 5) is 22.7. The Bertz CT molecular complexity index is 1030. The molecule has 0 saturated heterocycles. The Kier molecular flexibility index (Phi) is 7.51. The maximum Gasteiger partial charge on any atom is 0.271 e. The molecule has 2 rings (SSSR count). The molecule has 148 valence electrons. The number of nitro groups is 1. The number of anilines is 1. The zero-order valence-corrected chi connectivity index (χ0v) is 16.9. The number of hydrogen-bond donors (Lipinski definition) is 1. The van der Waals surface area contributed by atoms with Gasteiger partial charge >= 0.3 is 0 Å². The van der Waals surface area contributed by atoms with E-state index < -0.39 is 10.8 Å². The summed E-state index contributed by atoms with van der Waals surface area (Å²) in [5.41, 5.74) is 0.363. The Morgan fingerprint density at radius 2 is 2.17 bits per heavy atom. The predicted octanol–water partition coefficient (Wildman–Crippen LogP) is 4.48. The van der Waals surface area contributed by atoms with E-state index in [2.05, 4.69) is 27.8 Å². The summed E-state index contributed by atoms with van der Waals surface area (Å²) < 4.78 is 11.4. The summed E-state index contributed by atoms with van der Waals surface area (Å²) in [6.07, 6.45) is 2.96. The first-order chi connectivity index (χ1) is 13.9. The molecule has 2 aromatic rings. The van der Waals surface area contributed by atoms with Crippen LogP contribution in [0.3, 0.4) is 0 Å². The number of rotatable bonds is 8. The van der Waals surface area contributed by atoms with E-state index in [1.165, 1.54) is 37.5 Å². The number of nitrogens with zero attached hydrogens (tertiary/aromatic N) is 2. The molecule has 1 N–H and O–H groups in total. The highest BCUT2D eigenvalue weighted by molar-refractivity contribution is 9.10. The Labute approximate surface area is 175 Å². The summed E-state index contributed by atoms with van der Waals surface area (Å²) in [5, 5.41) is 22.7. The van der Waals surface area contributed by atoms with Crippen molar-refractivity contribution in [2.45, 2.75) is 0 Å².